The third-order valence-electron chi connectivity index (χ3n) is 2.85. The average Bonchev–Trinajstić information content (AvgIpc) is 2.38. The van der Waals surface area contributed by atoms with E-state index in [0.717, 1.165) is 0 Å². The molecule has 2 N–H and O–H groups in total. The quantitative estimate of drug-likeness (QED) is 0.897. The molecule has 0 saturated carbocycles. The van der Waals surface area contributed by atoms with E-state index < -0.39 is 0 Å². The molecule has 1 heterocycles. The van der Waals surface area contributed by atoms with E-state index in [2.05, 4.69) is 15.9 Å². The fourth-order valence-corrected chi connectivity index (χ4v) is 2.40. The van der Waals surface area contributed by atoms with Gasteiger partial charge in [0.15, 0.2) is 0 Å². The first-order valence-electron chi connectivity index (χ1n) is 5.68. The molecule has 0 radical (unpaired) electrons. The summed E-state index contributed by atoms with van der Waals surface area (Å²) in [5.41, 5.74) is 5.99. The fraction of sp³-hybridized carbons (Fsp3) is 0.417. The Hall–Kier alpha value is -0.980. The Bertz CT molecular complexity index is 456. The van der Waals surface area contributed by atoms with Crippen LogP contribution in [0.15, 0.2) is 22.7 Å². The van der Waals surface area contributed by atoms with Gasteiger partial charge in [0.25, 0.3) is 5.91 Å². The Labute approximate surface area is 113 Å². The molecule has 98 valence electrons. The smallest absolute Gasteiger partial charge is 0.255 e. The number of nitrogens with two attached hydrogens (primary N) is 1. The Morgan fingerprint density at radius 3 is 3.06 bits per heavy atom. The molecule has 6 heteroatoms. The molecule has 1 amide bonds. The van der Waals surface area contributed by atoms with Gasteiger partial charge in [0.05, 0.1) is 18.3 Å². The van der Waals surface area contributed by atoms with Crippen molar-refractivity contribution in [2.24, 2.45) is 5.73 Å². The van der Waals surface area contributed by atoms with Crippen molar-refractivity contribution in [3.63, 3.8) is 0 Å². The number of hydrogen-bond donors (Lipinski definition) is 1. The fourth-order valence-electron chi connectivity index (χ4n) is 1.88. The molecule has 1 atom stereocenters. The average molecular weight is 317 g/mol. The highest BCUT2D eigenvalue weighted by atomic mass is 79.9. The molecule has 0 aromatic heterocycles. The van der Waals surface area contributed by atoms with E-state index in [-0.39, 0.29) is 17.8 Å². The second-order valence-electron chi connectivity index (χ2n) is 4.10. The molecule has 4 nitrogen and oxygen atoms in total. The first-order valence-corrected chi connectivity index (χ1v) is 6.47. The molecule has 1 aliphatic rings. The zero-order valence-electron chi connectivity index (χ0n) is 9.73. The van der Waals surface area contributed by atoms with Gasteiger partial charge < -0.3 is 15.4 Å². The lowest BCUT2D eigenvalue weighted by molar-refractivity contribution is -0.0167. The summed E-state index contributed by atoms with van der Waals surface area (Å²) in [6, 6.07) is 4.04. The maximum Gasteiger partial charge on any atom is 0.255 e. The number of ether oxygens (including phenoxy) is 1. The summed E-state index contributed by atoms with van der Waals surface area (Å²) in [7, 11) is 0. The van der Waals surface area contributed by atoms with Gasteiger partial charge in [-0.2, -0.15) is 0 Å². The van der Waals surface area contributed by atoms with E-state index in [9.17, 15) is 9.18 Å². The number of hydrogen-bond acceptors (Lipinski definition) is 3. The summed E-state index contributed by atoms with van der Waals surface area (Å²) in [5.74, 6) is -0.510. The van der Waals surface area contributed by atoms with Crippen molar-refractivity contribution in [2.75, 3.05) is 26.2 Å². The highest BCUT2D eigenvalue weighted by Crippen LogP contribution is 2.20. The number of halogens is 2. The molecule has 1 fully saturated rings. The summed E-state index contributed by atoms with van der Waals surface area (Å²) in [6.07, 6.45) is -0.123. The van der Waals surface area contributed by atoms with Crippen LogP contribution in [0, 0.1) is 5.82 Å². The Balaban J connectivity index is 2.15. The van der Waals surface area contributed by atoms with Crippen LogP contribution in [0.1, 0.15) is 10.4 Å². The van der Waals surface area contributed by atoms with Gasteiger partial charge in [0.2, 0.25) is 0 Å². The zero-order valence-corrected chi connectivity index (χ0v) is 11.3. The summed E-state index contributed by atoms with van der Waals surface area (Å²) in [6.45, 7) is 1.86. The molecule has 0 spiro atoms. The van der Waals surface area contributed by atoms with Crippen LogP contribution in [0.3, 0.4) is 0 Å². The molecule has 18 heavy (non-hydrogen) atoms. The van der Waals surface area contributed by atoms with Gasteiger partial charge in [0.1, 0.15) is 5.82 Å². The maximum atomic E-state index is 13.0. The van der Waals surface area contributed by atoms with Crippen molar-refractivity contribution in [3.05, 3.63) is 34.1 Å². The molecule has 0 bridgehead atoms. The predicted octanol–water partition coefficient (Wildman–Crippen LogP) is 1.39. The number of benzene rings is 1. The van der Waals surface area contributed by atoms with Crippen LogP contribution >= 0.6 is 15.9 Å². The highest BCUT2D eigenvalue weighted by molar-refractivity contribution is 9.10. The van der Waals surface area contributed by atoms with Crippen molar-refractivity contribution < 1.29 is 13.9 Å². The minimum atomic E-state index is -0.375. The van der Waals surface area contributed by atoms with Crippen molar-refractivity contribution in [1.82, 2.24) is 4.90 Å². The standard InChI is InChI=1S/C12H14BrFN2O2/c13-11-5-8(14)1-2-10(11)12(17)16-3-4-18-9(6-15)7-16/h1-2,5,9H,3-4,6-7,15H2. The molecule has 1 unspecified atom stereocenters. The van der Waals surface area contributed by atoms with Crippen molar-refractivity contribution >= 4 is 21.8 Å². The Kier molecular flexibility index (Phi) is 4.31. The van der Waals surface area contributed by atoms with E-state index in [1.165, 1.54) is 18.2 Å². The lowest BCUT2D eigenvalue weighted by Crippen LogP contribution is -2.48. The summed E-state index contributed by atoms with van der Waals surface area (Å²) < 4.78 is 18.8. The predicted molar refractivity (Wildman–Crippen MR) is 68.8 cm³/mol. The topological polar surface area (TPSA) is 55.6 Å². The Morgan fingerprint density at radius 2 is 2.39 bits per heavy atom. The van der Waals surface area contributed by atoms with Gasteiger partial charge in [-0.15, -0.1) is 0 Å². The van der Waals surface area contributed by atoms with Crippen LogP contribution in [0.2, 0.25) is 0 Å². The second-order valence-corrected chi connectivity index (χ2v) is 4.96. The third kappa shape index (κ3) is 2.88. The van der Waals surface area contributed by atoms with Crippen LogP contribution in [-0.4, -0.2) is 43.2 Å². The number of morpholine rings is 1. The van der Waals surface area contributed by atoms with E-state index >= 15 is 0 Å². The molecule has 0 aliphatic carbocycles. The van der Waals surface area contributed by atoms with Crippen LogP contribution in [0.4, 0.5) is 4.39 Å². The van der Waals surface area contributed by atoms with Crippen LogP contribution in [-0.2, 0) is 4.74 Å². The van der Waals surface area contributed by atoms with Gasteiger partial charge >= 0.3 is 0 Å². The number of carbonyl (C=O) groups is 1. The normalized spacial score (nSPS) is 19.9. The first-order chi connectivity index (χ1) is 8.61. The number of amides is 1. The molecule has 1 saturated heterocycles. The maximum absolute atomic E-state index is 13.0. The SMILES string of the molecule is NCC1CN(C(=O)c2ccc(F)cc2Br)CCO1. The highest BCUT2D eigenvalue weighted by Gasteiger charge is 2.25. The first kappa shape index (κ1) is 13.5. The van der Waals surface area contributed by atoms with Gasteiger partial charge in [-0.05, 0) is 34.1 Å². The number of carbonyl (C=O) groups excluding carboxylic acids is 1. The van der Waals surface area contributed by atoms with Gasteiger partial charge in [-0.25, -0.2) is 4.39 Å². The molecular weight excluding hydrogens is 303 g/mol. The van der Waals surface area contributed by atoms with Crippen LogP contribution < -0.4 is 5.73 Å². The van der Waals surface area contributed by atoms with Gasteiger partial charge in [-0.1, -0.05) is 0 Å². The molecular formula is C12H14BrFN2O2. The molecule has 1 aliphatic heterocycles. The van der Waals surface area contributed by atoms with E-state index in [1.54, 1.807) is 4.90 Å². The largest absolute Gasteiger partial charge is 0.373 e. The molecule has 1 aromatic rings. The Morgan fingerprint density at radius 1 is 1.61 bits per heavy atom. The monoisotopic (exact) mass is 316 g/mol. The summed E-state index contributed by atoms with van der Waals surface area (Å²) in [4.78, 5) is 14.0. The van der Waals surface area contributed by atoms with Crippen molar-refractivity contribution in [2.45, 2.75) is 6.10 Å². The van der Waals surface area contributed by atoms with Crippen molar-refractivity contribution in [3.8, 4) is 0 Å². The van der Waals surface area contributed by atoms with Crippen LogP contribution in [0.25, 0.3) is 0 Å². The van der Waals surface area contributed by atoms with Crippen molar-refractivity contribution in [1.29, 1.82) is 0 Å². The lowest BCUT2D eigenvalue weighted by atomic mass is 10.1. The second kappa shape index (κ2) is 5.77. The number of nitrogens with zero attached hydrogens (tertiary/aromatic N) is 1. The minimum absolute atomic E-state index is 0.123. The lowest BCUT2D eigenvalue weighted by Gasteiger charge is -2.32. The van der Waals surface area contributed by atoms with Gasteiger partial charge in [-0.3, -0.25) is 4.79 Å². The van der Waals surface area contributed by atoms with E-state index in [0.29, 0.717) is 36.3 Å². The third-order valence-corrected chi connectivity index (χ3v) is 3.51. The van der Waals surface area contributed by atoms with E-state index in [4.69, 9.17) is 10.5 Å². The van der Waals surface area contributed by atoms with Gasteiger partial charge in [0, 0.05) is 24.1 Å². The molecule has 1 aromatic carbocycles. The minimum Gasteiger partial charge on any atom is -0.373 e. The zero-order chi connectivity index (χ0) is 13.1. The summed E-state index contributed by atoms with van der Waals surface area (Å²) in [5, 5.41) is 0. The van der Waals surface area contributed by atoms with E-state index in [1.807, 2.05) is 0 Å². The molecule has 2 rings (SSSR count). The number of rotatable bonds is 2. The van der Waals surface area contributed by atoms with Crippen LogP contribution in [0.5, 0.6) is 0 Å². The summed E-state index contributed by atoms with van der Waals surface area (Å²) >= 11 is 3.20.